The van der Waals surface area contributed by atoms with Gasteiger partial charge in [0.05, 0.1) is 0 Å². The van der Waals surface area contributed by atoms with Crippen LogP contribution in [0.5, 0.6) is 23.0 Å². The van der Waals surface area contributed by atoms with Gasteiger partial charge in [-0.2, -0.15) is 0 Å². The first kappa shape index (κ1) is 33.2. The number of phenolic OH excluding ortho intramolecular Hbond substituents is 4. The van der Waals surface area contributed by atoms with Crippen LogP contribution in [0.15, 0.2) is 46.2 Å². The second-order valence-electron chi connectivity index (χ2n) is 4.47. The molecule has 22 heteroatoms. The Morgan fingerprint density at radius 3 is 0.824 bits per heavy atom. The molecule has 2 aromatic rings. The molecular weight excluding hydrogens is 504 g/mol. The third kappa shape index (κ3) is 18.6. The van der Waals surface area contributed by atoms with Gasteiger partial charge in [-0.05, 0) is 24.3 Å². The van der Waals surface area contributed by atoms with E-state index in [0.717, 1.165) is 0 Å². The van der Waals surface area contributed by atoms with E-state index in [1.807, 2.05) is 0 Å². The second kappa shape index (κ2) is 17.3. The number of hydrogen-bond donors (Lipinski definition) is 8. The van der Waals surface area contributed by atoms with Crippen molar-refractivity contribution in [3.8, 4) is 23.0 Å². The maximum Gasteiger partial charge on any atom is 0.291 e. The molecule has 21 nitrogen and oxygen atoms in total. The van der Waals surface area contributed by atoms with Crippen molar-refractivity contribution in [3.63, 3.8) is 0 Å². The van der Waals surface area contributed by atoms with Crippen molar-refractivity contribution in [2.24, 2.45) is 0 Å². The van der Waals surface area contributed by atoms with Crippen molar-refractivity contribution < 1.29 is 65.8 Å². The van der Waals surface area contributed by atoms with Crippen LogP contribution in [0, 0.1) is 40.5 Å². The summed E-state index contributed by atoms with van der Waals surface area (Å²) in [7, 11) is -2.09. The second-order valence-corrected chi connectivity index (χ2v) is 5.82. The number of rotatable bonds is 2. The van der Waals surface area contributed by atoms with E-state index < -0.39 is 31.1 Å². The summed E-state index contributed by atoms with van der Waals surface area (Å²) in [5.74, 6) is -1.51. The molecule has 0 radical (unpaired) electrons. The molecule has 0 fully saturated rings. The van der Waals surface area contributed by atoms with Crippen molar-refractivity contribution in [2.75, 3.05) is 0 Å². The zero-order valence-electron chi connectivity index (χ0n) is 15.9. The van der Waals surface area contributed by atoms with Crippen molar-refractivity contribution in [1.29, 1.82) is 0 Å². The number of phenols is 4. The molecule has 2 rings (SSSR count). The first-order chi connectivity index (χ1) is 15.4. The van der Waals surface area contributed by atoms with Crippen molar-refractivity contribution in [2.45, 2.75) is 9.79 Å². The van der Waals surface area contributed by atoms with E-state index in [2.05, 4.69) is 0 Å². The van der Waals surface area contributed by atoms with Crippen molar-refractivity contribution in [1.82, 2.24) is 0 Å². The Labute approximate surface area is 187 Å². The molecule has 0 amide bonds. The molecule has 0 bridgehead atoms. The van der Waals surface area contributed by atoms with Gasteiger partial charge >= 0.3 is 0 Å². The lowest BCUT2D eigenvalue weighted by atomic mass is 10.3. The smallest absolute Gasteiger partial charge is 0.291 e. The molecule has 0 aliphatic rings. The van der Waals surface area contributed by atoms with Gasteiger partial charge in [0.25, 0.3) is 20.3 Å². The number of nitrogens with zero attached hydrogens (tertiary/aromatic N) is 4. The highest BCUT2D eigenvalue weighted by atomic mass is 32.2. The minimum Gasteiger partial charge on any atom is -0.507 e. The van der Waals surface area contributed by atoms with E-state index in [4.69, 9.17) is 61.3 Å². The molecule has 0 heterocycles. The molecule has 0 saturated carbocycles. The van der Waals surface area contributed by atoms with Crippen LogP contribution in [0.3, 0.4) is 0 Å². The molecule has 0 aliphatic carbocycles. The normalized spacial score (nSPS) is 8.50. The molecule has 0 aromatic heterocycles. The SMILES string of the molecule is O=S(c1c(O)cccc1O)c1c(O)cccc1O.O=[N+]([O-])O.O=[N+]([O-])O.O=[N+]([O-])O.O=[N+]([O-])O. The average Bonchev–Trinajstić information content (AvgIpc) is 2.59. The summed E-state index contributed by atoms with van der Waals surface area (Å²) in [6.45, 7) is 0. The molecule has 2 aromatic carbocycles. The van der Waals surface area contributed by atoms with Crippen LogP contribution in [-0.4, -0.2) is 65.8 Å². The molecule has 8 N–H and O–H groups in total. The minimum absolute atomic E-state index is 0.255. The Hall–Kier alpha value is -5.41. The van der Waals surface area contributed by atoms with Gasteiger partial charge in [-0.15, -0.1) is 40.5 Å². The van der Waals surface area contributed by atoms with Crippen molar-refractivity contribution in [3.05, 3.63) is 76.9 Å². The van der Waals surface area contributed by atoms with E-state index >= 15 is 0 Å². The summed E-state index contributed by atoms with van der Waals surface area (Å²) in [6, 6.07) is 7.79. The standard InChI is InChI=1S/C12H10O5S.4HNO3/c13-7-3-1-4-8(14)11(7)18(17)12-9(15)5-2-6-10(12)16;4*2-1(3)4/h1-6,13-16H;4*(H,2,3,4). The fourth-order valence-electron chi connectivity index (χ4n) is 1.51. The summed E-state index contributed by atoms with van der Waals surface area (Å²) >= 11 is 0. The number of benzene rings is 2. The number of hydrogen-bond acceptors (Lipinski definition) is 13. The zero-order valence-corrected chi connectivity index (χ0v) is 16.7. The van der Waals surface area contributed by atoms with E-state index in [1.165, 1.54) is 36.4 Å². The summed E-state index contributed by atoms with van der Waals surface area (Å²) in [5.41, 5.74) is 0. The molecule has 34 heavy (non-hydrogen) atoms. The lowest BCUT2D eigenvalue weighted by Crippen LogP contribution is -1.95. The third-order valence-corrected chi connectivity index (χ3v) is 3.90. The first-order valence-corrected chi connectivity index (χ1v) is 8.37. The van der Waals surface area contributed by atoms with E-state index in [0.29, 0.717) is 0 Å². The highest BCUT2D eigenvalue weighted by Crippen LogP contribution is 2.39. The topological polar surface area (TPSA) is 351 Å². The molecule has 0 aliphatic heterocycles. The Morgan fingerprint density at radius 2 is 0.676 bits per heavy atom. The lowest BCUT2D eigenvalue weighted by Gasteiger charge is -2.09. The molecule has 0 spiro atoms. The lowest BCUT2D eigenvalue weighted by molar-refractivity contribution is -0.742. The predicted octanol–water partition coefficient (Wildman–Crippen LogP) is 0.285. The fourth-order valence-corrected chi connectivity index (χ4v) is 2.74. The Balaban J connectivity index is -0.000000492. The van der Waals surface area contributed by atoms with Crippen LogP contribution in [0.4, 0.5) is 0 Å². The molecule has 0 saturated heterocycles. The van der Waals surface area contributed by atoms with Gasteiger partial charge in [0, 0.05) is 0 Å². The van der Waals surface area contributed by atoms with Crippen LogP contribution in [0.25, 0.3) is 0 Å². The van der Waals surface area contributed by atoms with Crippen LogP contribution in [0.1, 0.15) is 0 Å². The third-order valence-electron chi connectivity index (χ3n) is 2.32. The summed E-state index contributed by atoms with van der Waals surface area (Å²) in [4.78, 5) is 32.9. The molecule has 0 unspecified atom stereocenters. The maximum absolute atomic E-state index is 12.2. The summed E-state index contributed by atoms with van der Waals surface area (Å²) in [6.07, 6.45) is 0. The van der Waals surface area contributed by atoms with Crippen molar-refractivity contribution >= 4 is 10.8 Å². The summed E-state index contributed by atoms with van der Waals surface area (Å²) in [5, 5.41) is 92.9. The molecule has 190 valence electrons. The summed E-state index contributed by atoms with van der Waals surface area (Å²) < 4.78 is 12.2. The van der Waals surface area contributed by atoms with Gasteiger partial charge in [0.2, 0.25) is 0 Å². The largest absolute Gasteiger partial charge is 0.507 e. The molecular formula is C12H14N4O17S. The van der Waals surface area contributed by atoms with Crippen LogP contribution in [-0.2, 0) is 10.8 Å². The fraction of sp³-hybridized carbons (Fsp3) is 0. The Kier molecular flexibility index (Phi) is 16.9. The first-order valence-electron chi connectivity index (χ1n) is 7.22. The van der Waals surface area contributed by atoms with E-state index in [1.54, 1.807) is 0 Å². The van der Waals surface area contributed by atoms with Gasteiger partial charge in [0.15, 0.2) is 0 Å². The highest BCUT2D eigenvalue weighted by Gasteiger charge is 2.22. The Bertz CT molecular complexity index is 842. The van der Waals surface area contributed by atoms with Gasteiger partial charge in [0.1, 0.15) is 43.6 Å². The predicted molar refractivity (Wildman–Crippen MR) is 99.3 cm³/mol. The Morgan fingerprint density at radius 1 is 0.529 bits per heavy atom. The quantitative estimate of drug-likeness (QED) is 0.195. The van der Waals surface area contributed by atoms with E-state index in [9.17, 15) is 24.6 Å². The average molecular weight is 518 g/mol. The maximum atomic E-state index is 12.2. The van der Waals surface area contributed by atoms with Crippen LogP contribution >= 0.6 is 0 Å². The van der Waals surface area contributed by atoms with Gasteiger partial charge < -0.3 is 41.3 Å². The van der Waals surface area contributed by atoms with Gasteiger partial charge in [-0.25, -0.2) is 4.21 Å². The number of aromatic hydroxyl groups is 4. The van der Waals surface area contributed by atoms with Gasteiger partial charge in [-0.3, -0.25) is 0 Å². The highest BCUT2D eigenvalue weighted by molar-refractivity contribution is 7.85. The zero-order chi connectivity index (χ0) is 27.6. The molecule has 0 atom stereocenters. The van der Waals surface area contributed by atoms with Crippen LogP contribution < -0.4 is 0 Å². The van der Waals surface area contributed by atoms with Gasteiger partial charge in [-0.1, -0.05) is 12.1 Å². The monoisotopic (exact) mass is 518 g/mol. The van der Waals surface area contributed by atoms with Crippen LogP contribution in [0.2, 0.25) is 0 Å². The van der Waals surface area contributed by atoms with E-state index in [-0.39, 0.29) is 32.8 Å². The minimum atomic E-state index is -2.09.